The van der Waals surface area contributed by atoms with Crippen molar-refractivity contribution in [2.45, 2.75) is 0 Å². The standard InChI is InChI=1S/C17H12N2O5/c20-12-7-3-1-5-10(12)9-18-19-16(22)14-15(21)11-6-2-4-8-13(11)24-17(14)23/h1-9,20-21H,(H,19,22). The number of fused-ring (bicyclic) bond motifs is 1. The number of amides is 1. The van der Waals surface area contributed by atoms with Crippen LogP contribution in [0.3, 0.4) is 0 Å². The molecule has 120 valence electrons. The third-order valence-electron chi connectivity index (χ3n) is 3.32. The summed E-state index contributed by atoms with van der Waals surface area (Å²) < 4.78 is 5.01. The molecule has 0 aliphatic carbocycles. The summed E-state index contributed by atoms with van der Waals surface area (Å²) >= 11 is 0. The molecule has 0 spiro atoms. The van der Waals surface area contributed by atoms with Gasteiger partial charge in [0, 0.05) is 5.56 Å². The van der Waals surface area contributed by atoms with Crippen LogP contribution in [0.4, 0.5) is 0 Å². The SMILES string of the molecule is O=C(NN=Cc1ccccc1O)c1c(O)c2ccccc2oc1=O. The largest absolute Gasteiger partial charge is 0.507 e. The Kier molecular flexibility index (Phi) is 3.98. The summed E-state index contributed by atoms with van der Waals surface area (Å²) in [5.74, 6) is -1.40. The minimum absolute atomic E-state index is 0.0106. The Labute approximate surface area is 135 Å². The number of carbonyl (C=O) groups excluding carboxylic acids is 1. The number of carbonyl (C=O) groups is 1. The summed E-state index contributed by atoms with van der Waals surface area (Å²) in [6, 6.07) is 12.7. The molecule has 0 aliphatic rings. The Balaban J connectivity index is 1.89. The quantitative estimate of drug-likeness (QED) is 0.387. The van der Waals surface area contributed by atoms with Gasteiger partial charge in [-0.15, -0.1) is 0 Å². The lowest BCUT2D eigenvalue weighted by atomic mass is 10.1. The van der Waals surface area contributed by atoms with Gasteiger partial charge in [-0.2, -0.15) is 5.10 Å². The van der Waals surface area contributed by atoms with E-state index >= 15 is 0 Å². The molecule has 0 radical (unpaired) electrons. The third-order valence-corrected chi connectivity index (χ3v) is 3.32. The average molecular weight is 324 g/mol. The fourth-order valence-corrected chi connectivity index (χ4v) is 2.15. The molecule has 2 aromatic carbocycles. The van der Waals surface area contributed by atoms with Crippen LogP contribution in [0, 0.1) is 0 Å². The van der Waals surface area contributed by atoms with E-state index in [9.17, 15) is 19.8 Å². The maximum Gasteiger partial charge on any atom is 0.353 e. The van der Waals surface area contributed by atoms with Crippen LogP contribution in [-0.4, -0.2) is 22.3 Å². The first-order valence-electron chi connectivity index (χ1n) is 6.94. The zero-order valence-corrected chi connectivity index (χ0v) is 12.3. The van der Waals surface area contributed by atoms with Gasteiger partial charge in [0.05, 0.1) is 11.6 Å². The Morgan fingerprint density at radius 2 is 1.79 bits per heavy atom. The van der Waals surface area contributed by atoms with Crippen molar-refractivity contribution in [3.8, 4) is 11.5 Å². The molecule has 0 bridgehead atoms. The second-order valence-electron chi connectivity index (χ2n) is 4.87. The lowest BCUT2D eigenvalue weighted by molar-refractivity contribution is 0.0949. The van der Waals surface area contributed by atoms with E-state index in [1.807, 2.05) is 0 Å². The normalized spacial score (nSPS) is 11.0. The van der Waals surface area contributed by atoms with Gasteiger partial charge in [-0.3, -0.25) is 4.79 Å². The van der Waals surface area contributed by atoms with E-state index in [1.165, 1.54) is 24.4 Å². The third kappa shape index (κ3) is 2.82. The zero-order chi connectivity index (χ0) is 17.1. The van der Waals surface area contributed by atoms with Crippen molar-refractivity contribution in [3.05, 3.63) is 70.1 Å². The molecule has 7 heteroatoms. The number of hydrazone groups is 1. The number of phenolic OH excluding ortho intramolecular Hbond substituents is 1. The summed E-state index contributed by atoms with van der Waals surface area (Å²) in [5.41, 5.74) is 1.17. The summed E-state index contributed by atoms with van der Waals surface area (Å²) in [6.45, 7) is 0. The highest BCUT2D eigenvalue weighted by atomic mass is 16.4. The van der Waals surface area contributed by atoms with Crippen LogP contribution >= 0.6 is 0 Å². The number of hydrogen-bond donors (Lipinski definition) is 3. The van der Waals surface area contributed by atoms with E-state index < -0.39 is 22.8 Å². The fraction of sp³-hybridized carbons (Fsp3) is 0. The van der Waals surface area contributed by atoms with Gasteiger partial charge in [0.1, 0.15) is 17.1 Å². The number of nitrogens with zero attached hydrogens (tertiary/aromatic N) is 1. The van der Waals surface area contributed by atoms with E-state index in [0.717, 1.165) is 0 Å². The monoisotopic (exact) mass is 324 g/mol. The van der Waals surface area contributed by atoms with E-state index in [2.05, 4.69) is 10.5 Å². The van der Waals surface area contributed by atoms with E-state index in [-0.39, 0.29) is 16.7 Å². The molecule has 1 aromatic heterocycles. The first kappa shape index (κ1) is 15.3. The Morgan fingerprint density at radius 1 is 1.08 bits per heavy atom. The van der Waals surface area contributed by atoms with Crippen LogP contribution in [0.2, 0.25) is 0 Å². The molecule has 1 heterocycles. The topological polar surface area (TPSA) is 112 Å². The zero-order valence-electron chi connectivity index (χ0n) is 12.3. The lowest BCUT2D eigenvalue weighted by Crippen LogP contribution is -2.24. The number of phenols is 1. The van der Waals surface area contributed by atoms with Gasteiger partial charge in [-0.25, -0.2) is 10.2 Å². The molecule has 3 rings (SSSR count). The maximum absolute atomic E-state index is 12.1. The molecule has 0 saturated carbocycles. The smallest absolute Gasteiger partial charge is 0.353 e. The second kappa shape index (κ2) is 6.25. The van der Waals surface area contributed by atoms with Crippen LogP contribution < -0.4 is 11.1 Å². The van der Waals surface area contributed by atoms with Crippen molar-refractivity contribution >= 4 is 23.1 Å². The summed E-state index contributed by atoms with van der Waals surface area (Å²) in [6.07, 6.45) is 1.22. The molecule has 1 amide bonds. The van der Waals surface area contributed by atoms with Crippen LogP contribution in [0.5, 0.6) is 11.5 Å². The van der Waals surface area contributed by atoms with Gasteiger partial charge in [0.2, 0.25) is 0 Å². The molecule has 0 unspecified atom stereocenters. The van der Waals surface area contributed by atoms with Crippen molar-refractivity contribution in [1.29, 1.82) is 0 Å². The highest BCUT2D eigenvalue weighted by Crippen LogP contribution is 2.25. The van der Waals surface area contributed by atoms with Gasteiger partial charge in [0.15, 0.2) is 5.56 Å². The summed E-state index contributed by atoms with van der Waals surface area (Å²) in [7, 11) is 0. The predicted molar refractivity (Wildman–Crippen MR) is 87.3 cm³/mol. The molecule has 3 aromatic rings. The van der Waals surface area contributed by atoms with Crippen LogP contribution in [0.1, 0.15) is 15.9 Å². The molecule has 0 atom stereocenters. The Morgan fingerprint density at radius 3 is 2.58 bits per heavy atom. The molecule has 24 heavy (non-hydrogen) atoms. The molecule has 3 N–H and O–H groups in total. The molecular weight excluding hydrogens is 312 g/mol. The first-order chi connectivity index (χ1) is 11.6. The summed E-state index contributed by atoms with van der Waals surface area (Å²) in [4.78, 5) is 24.0. The van der Waals surface area contributed by atoms with Gasteiger partial charge < -0.3 is 14.6 Å². The average Bonchev–Trinajstić information content (AvgIpc) is 2.56. The van der Waals surface area contributed by atoms with Crippen molar-refractivity contribution < 1.29 is 19.4 Å². The van der Waals surface area contributed by atoms with Gasteiger partial charge in [0.25, 0.3) is 5.91 Å². The number of rotatable bonds is 3. The van der Waals surface area contributed by atoms with E-state index in [4.69, 9.17) is 4.42 Å². The van der Waals surface area contributed by atoms with Gasteiger partial charge in [-0.05, 0) is 24.3 Å². The molecular formula is C17H12N2O5. The van der Waals surface area contributed by atoms with E-state index in [1.54, 1.807) is 30.3 Å². The highest BCUT2D eigenvalue weighted by Gasteiger charge is 2.20. The number of benzene rings is 2. The second-order valence-corrected chi connectivity index (χ2v) is 4.87. The van der Waals surface area contributed by atoms with Crippen molar-refractivity contribution in [2.75, 3.05) is 0 Å². The fourth-order valence-electron chi connectivity index (χ4n) is 2.15. The number of para-hydroxylation sites is 2. The van der Waals surface area contributed by atoms with Crippen molar-refractivity contribution in [2.24, 2.45) is 5.10 Å². The van der Waals surface area contributed by atoms with Crippen LogP contribution in [-0.2, 0) is 0 Å². The highest BCUT2D eigenvalue weighted by molar-refractivity contribution is 6.01. The van der Waals surface area contributed by atoms with Crippen molar-refractivity contribution in [3.63, 3.8) is 0 Å². The Hall–Kier alpha value is -3.61. The van der Waals surface area contributed by atoms with Crippen LogP contribution in [0.15, 0.2) is 62.8 Å². The van der Waals surface area contributed by atoms with Crippen molar-refractivity contribution in [1.82, 2.24) is 5.43 Å². The maximum atomic E-state index is 12.1. The first-order valence-corrected chi connectivity index (χ1v) is 6.94. The minimum Gasteiger partial charge on any atom is -0.507 e. The molecule has 7 nitrogen and oxygen atoms in total. The minimum atomic E-state index is -0.971. The number of aromatic hydroxyl groups is 2. The number of hydrogen-bond acceptors (Lipinski definition) is 6. The summed E-state index contributed by atoms with van der Waals surface area (Å²) in [5, 5.41) is 23.6. The van der Waals surface area contributed by atoms with Crippen LogP contribution in [0.25, 0.3) is 11.0 Å². The predicted octanol–water partition coefficient (Wildman–Crippen LogP) is 1.97. The van der Waals surface area contributed by atoms with Gasteiger partial charge >= 0.3 is 5.63 Å². The Bertz CT molecular complexity index is 1010. The molecule has 0 fully saturated rings. The molecule has 0 saturated heterocycles. The van der Waals surface area contributed by atoms with E-state index in [0.29, 0.717) is 5.56 Å². The van der Waals surface area contributed by atoms with Gasteiger partial charge in [-0.1, -0.05) is 24.3 Å². The molecule has 0 aliphatic heterocycles. The number of nitrogens with one attached hydrogen (secondary N) is 1. The lowest BCUT2D eigenvalue weighted by Gasteiger charge is -2.04.